The normalized spacial score (nSPS) is 13.4. The Labute approximate surface area is 71.7 Å². The zero-order valence-corrected chi connectivity index (χ0v) is 7.82. The molecule has 62 valence electrons. The molecular weight excluding hydrogens is 156 g/mol. The van der Waals surface area contributed by atoms with Crippen molar-refractivity contribution in [1.29, 1.82) is 0 Å². The zero-order valence-electron chi connectivity index (χ0n) is 7.00. The number of thiophene rings is 1. The van der Waals surface area contributed by atoms with Crippen molar-refractivity contribution in [3.63, 3.8) is 0 Å². The summed E-state index contributed by atoms with van der Waals surface area (Å²) in [4.78, 5) is 1.13. The minimum Gasteiger partial charge on any atom is -0.388 e. The standard InChI is InChI=1S/C9H14OS/c1-3-4-8(10)9-7(2)5-6-11-9/h5-6,8,10H,3-4H2,1-2H3/t8-/m0/s1. The summed E-state index contributed by atoms with van der Waals surface area (Å²) in [6.45, 7) is 4.14. The molecule has 0 bridgehead atoms. The van der Waals surface area contributed by atoms with E-state index in [9.17, 15) is 5.11 Å². The van der Waals surface area contributed by atoms with Crippen LogP contribution in [0.2, 0.25) is 0 Å². The molecule has 0 radical (unpaired) electrons. The average molecular weight is 170 g/mol. The van der Waals surface area contributed by atoms with Crippen molar-refractivity contribution in [3.8, 4) is 0 Å². The Morgan fingerprint density at radius 3 is 2.82 bits per heavy atom. The first-order valence-electron chi connectivity index (χ1n) is 3.97. The predicted octanol–water partition coefficient (Wildman–Crippen LogP) is 2.89. The summed E-state index contributed by atoms with van der Waals surface area (Å²) in [6, 6.07) is 2.05. The van der Waals surface area contributed by atoms with Gasteiger partial charge in [-0.25, -0.2) is 0 Å². The third-order valence-corrected chi connectivity index (χ3v) is 2.89. The molecular formula is C9H14OS. The zero-order chi connectivity index (χ0) is 8.27. The summed E-state index contributed by atoms with van der Waals surface area (Å²) in [5.74, 6) is 0. The molecule has 1 atom stereocenters. The minimum atomic E-state index is -0.236. The fraction of sp³-hybridized carbons (Fsp3) is 0.556. The van der Waals surface area contributed by atoms with Gasteiger partial charge in [0.25, 0.3) is 0 Å². The van der Waals surface area contributed by atoms with E-state index in [-0.39, 0.29) is 6.10 Å². The van der Waals surface area contributed by atoms with E-state index in [0.717, 1.165) is 17.7 Å². The van der Waals surface area contributed by atoms with Gasteiger partial charge in [-0.1, -0.05) is 13.3 Å². The lowest BCUT2D eigenvalue weighted by atomic mass is 10.1. The van der Waals surface area contributed by atoms with E-state index in [2.05, 4.69) is 13.0 Å². The Morgan fingerprint density at radius 2 is 2.36 bits per heavy atom. The van der Waals surface area contributed by atoms with Gasteiger partial charge in [-0.3, -0.25) is 0 Å². The van der Waals surface area contributed by atoms with Crippen LogP contribution in [0.5, 0.6) is 0 Å². The van der Waals surface area contributed by atoms with Crippen LogP contribution in [0.25, 0.3) is 0 Å². The summed E-state index contributed by atoms with van der Waals surface area (Å²) in [5, 5.41) is 11.6. The number of aliphatic hydroxyl groups is 1. The molecule has 1 heterocycles. The highest BCUT2D eigenvalue weighted by Gasteiger charge is 2.09. The molecule has 0 unspecified atom stereocenters. The summed E-state index contributed by atoms with van der Waals surface area (Å²) in [5.41, 5.74) is 1.22. The maximum absolute atomic E-state index is 9.60. The van der Waals surface area contributed by atoms with Gasteiger partial charge in [0, 0.05) is 4.88 Å². The fourth-order valence-electron chi connectivity index (χ4n) is 1.13. The lowest BCUT2D eigenvalue weighted by Crippen LogP contribution is -1.94. The van der Waals surface area contributed by atoms with Crippen LogP contribution >= 0.6 is 11.3 Å². The van der Waals surface area contributed by atoms with E-state index in [4.69, 9.17) is 0 Å². The van der Waals surface area contributed by atoms with Crippen LogP contribution in [-0.4, -0.2) is 5.11 Å². The SMILES string of the molecule is CCC[C@H](O)c1sccc1C. The molecule has 0 amide bonds. The Balaban J connectivity index is 2.67. The van der Waals surface area contributed by atoms with Crippen molar-refractivity contribution < 1.29 is 5.11 Å². The summed E-state index contributed by atoms with van der Waals surface area (Å²) in [7, 11) is 0. The Hall–Kier alpha value is -0.340. The number of aryl methyl sites for hydroxylation is 1. The molecule has 1 aromatic heterocycles. The van der Waals surface area contributed by atoms with Gasteiger partial charge in [0.1, 0.15) is 0 Å². The smallest absolute Gasteiger partial charge is 0.0884 e. The molecule has 0 spiro atoms. The topological polar surface area (TPSA) is 20.2 Å². The molecule has 1 nitrogen and oxygen atoms in total. The molecule has 0 saturated heterocycles. The van der Waals surface area contributed by atoms with Gasteiger partial charge in [0.15, 0.2) is 0 Å². The average Bonchev–Trinajstić information content (AvgIpc) is 2.36. The molecule has 0 fully saturated rings. The van der Waals surface area contributed by atoms with Crippen LogP contribution in [0.3, 0.4) is 0 Å². The highest BCUT2D eigenvalue weighted by molar-refractivity contribution is 7.10. The van der Waals surface area contributed by atoms with Crippen LogP contribution < -0.4 is 0 Å². The number of hydrogen-bond donors (Lipinski definition) is 1. The molecule has 1 rings (SSSR count). The van der Waals surface area contributed by atoms with Gasteiger partial charge in [0.05, 0.1) is 6.10 Å². The number of rotatable bonds is 3. The van der Waals surface area contributed by atoms with Gasteiger partial charge < -0.3 is 5.11 Å². The van der Waals surface area contributed by atoms with Crippen molar-refractivity contribution in [3.05, 3.63) is 21.9 Å². The third-order valence-electron chi connectivity index (χ3n) is 1.77. The largest absolute Gasteiger partial charge is 0.388 e. The number of hydrogen-bond acceptors (Lipinski definition) is 2. The van der Waals surface area contributed by atoms with Crippen molar-refractivity contribution in [2.24, 2.45) is 0 Å². The highest BCUT2D eigenvalue weighted by Crippen LogP contribution is 2.26. The second-order valence-electron chi connectivity index (χ2n) is 2.77. The molecule has 0 aromatic carbocycles. The van der Waals surface area contributed by atoms with E-state index in [1.54, 1.807) is 11.3 Å². The maximum Gasteiger partial charge on any atom is 0.0884 e. The van der Waals surface area contributed by atoms with E-state index in [1.165, 1.54) is 5.56 Å². The number of aliphatic hydroxyl groups excluding tert-OH is 1. The first kappa shape index (κ1) is 8.75. The monoisotopic (exact) mass is 170 g/mol. The lowest BCUT2D eigenvalue weighted by molar-refractivity contribution is 0.169. The molecule has 2 heteroatoms. The molecule has 1 aromatic rings. The maximum atomic E-state index is 9.60. The second kappa shape index (κ2) is 3.88. The summed E-state index contributed by atoms with van der Waals surface area (Å²) >= 11 is 1.65. The van der Waals surface area contributed by atoms with Crippen molar-refractivity contribution in [2.75, 3.05) is 0 Å². The molecule has 0 aliphatic heterocycles. The fourth-order valence-corrected chi connectivity index (χ4v) is 2.08. The predicted molar refractivity (Wildman–Crippen MR) is 48.9 cm³/mol. The molecule has 0 saturated carbocycles. The second-order valence-corrected chi connectivity index (χ2v) is 3.72. The van der Waals surface area contributed by atoms with Gasteiger partial charge >= 0.3 is 0 Å². The van der Waals surface area contributed by atoms with Crippen LogP contribution in [-0.2, 0) is 0 Å². The minimum absolute atomic E-state index is 0.236. The van der Waals surface area contributed by atoms with E-state index in [0.29, 0.717) is 0 Å². The lowest BCUT2D eigenvalue weighted by Gasteiger charge is -2.07. The third kappa shape index (κ3) is 2.04. The van der Waals surface area contributed by atoms with Crippen molar-refractivity contribution in [2.45, 2.75) is 32.8 Å². The Morgan fingerprint density at radius 1 is 1.64 bits per heavy atom. The van der Waals surface area contributed by atoms with Gasteiger partial charge in [0.2, 0.25) is 0 Å². The summed E-state index contributed by atoms with van der Waals surface area (Å²) in [6.07, 6.45) is 1.68. The Bertz CT molecular complexity index is 217. The van der Waals surface area contributed by atoms with Gasteiger partial charge in [-0.2, -0.15) is 0 Å². The Kier molecular flexibility index (Phi) is 3.09. The van der Waals surface area contributed by atoms with E-state index < -0.39 is 0 Å². The summed E-state index contributed by atoms with van der Waals surface area (Å²) < 4.78 is 0. The van der Waals surface area contributed by atoms with Crippen LogP contribution in [0.1, 0.15) is 36.3 Å². The highest BCUT2D eigenvalue weighted by atomic mass is 32.1. The molecule has 1 N–H and O–H groups in total. The van der Waals surface area contributed by atoms with Gasteiger partial charge in [-0.05, 0) is 30.4 Å². The van der Waals surface area contributed by atoms with Crippen molar-refractivity contribution in [1.82, 2.24) is 0 Å². The first-order valence-corrected chi connectivity index (χ1v) is 4.85. The quantitative estimate of drug-likeness (QED) is 0.739. The van der Waals surface area contributed by atoms with Crippen LogP contribution in [0.4, 0.5) is 0 Å². The van der Waals surface area contributed by atoms with E-state index >= 15 is 0 Å². The molecule has 0 aliphatic carbocycles. The molecule has 0 aliphatic rings. The molecule has 11 heavy (non-hydrogen) atoms. The van der Waals surface area contributed by atoms with Crippen LogP contribution in [0.15, 0.2) is 11.4 Å². The van der Waals surface area contributed by atoms with E-state index in [1.807, 2.05) is 12.3 Å². The van der Waals surface area contributed by atoms with Crippen molar-refractivity contribution >= 4 is 11.3 Å². The van der Waals surface area contributed by atoms with Gasteiger partial charge in [-0.15, -0.1) is 11.3 Å². The first-order chi connectivity index (χ1) is 5.25. The van der Waals surface area contributed by atoms with Crippen LogP contribution in [0, 0.1) is 6.92 Å².